The summed E-state index contributed by atoms with van der Waals surface area (Å²) in [5, 5.41) is 7.80. The van der Waals surface area contributed by atoms with Crippen molar-refractivity contribution in [3.05, 3.63) is 17.5 Å². The van der Waals surface area contributed by atoms with Gasteiger partial charge >= 0.3 is 0 Å². The van der Waals surface area contributed by atoms with Crippen LogP contribution >= 0.6 is 0 Å². The Morgan fingerprint density at radius 2 is 2.62 bits per heavy atom. The number of aromatic nitrogens is 2. The molecule has 1 N–H and O–H groups in total. The maximum atomic E-state index is 5.01. The van der Waals surface area contributed by atoms with Crippen LogP contribution in [0, 0.1) is 0 Å². The van der Waals surface area contributed by atoms with Crippen molar-refractivity contribution in [2.24, 2.45) is 0 Å². The number of hydrogen-bond acceptors (Lipinski definition) is 3. The van der Waals surface area contributed by atoms with E-state index in [1.807, 2.05) is 0 Å². The van der Waals surface area contributed by atoms with Gasteiger partial charge in [0.2, 0.25) is 0 Å². The second kappa shape index (κ2) is 3.89. The fraction of sp³-hybridized carbons (Fsp3) is 0.667. The fourth-order valence-corrected chi connectivity index (χ4v) is 1.58. The van der Waals surface area contributed by atoms with E-state index in [4.69, 9.17) is 4.74 Å². The first kappa shape index (κ1) is 8.72. The van der Waals surface area contributed by atoms with Crippen molar-refractivity contribution in [2.75, 3.05) is 20.3 Å². The standard InChI is InChI=1S/C9H15N3O/c1-13-5-2-8-6-9-7-10-3-4-12(9)11-8/h6,10H,2-5,7H2,1H3. The lowest BCUT2D eigenvalue weighted by Gasteiger charge is -2.13. The van der Waals surface area contributed by atoms with Gasteiger partial charge in [0.25, 0.3) is 0 Å². The molecule has 0 bridgehead atoms. The summed E-state index contributed by atoms with van der Waals surface area (Å²) in [6.45, 7) is 3.71. The zero-order chi connectivity index (χ0) is 9.10. The van der Waals surface area contributed by atoms with Crippen molar-refractivity contribution in [1.82, 2.24) is 15.1 Å². The van der Waals surface area contributed by atoms with Crippen LogP contribution in [0.2, 0.25) is 0 Å². The molecule has 0 spiro atoms. The van der Waals surface area contributed by atoms with E-state index < -0.39 is 0 Å². The van der Waals surface area contributed by atoms with Crippen molar-refractivity contribution in [3.63, 3.8) is 0 Å². The van der Waals surface area contributed by atoms with Crippen molar-refractivity contribution < 1.29 is 4.74 Å². The van der Waals surface area contributed by atoms with Gasteiger partial charge in [0.15, 0.2) is 0 Å². The molecule has 0 radical (unpaired) electrons. The SMILES string of the molecule is COCCc1cc2n(n1)CCNC2. The highest BCUT2D eigenvalue weighted by Gasteiger charge is 2.10. The van der Waals surface area contributed by atoms with E-state index >= 15 is 0 Å². The minimum atomic E-state index is 0.754. The first-order chi connectivity index (χ1) is 6.40. The summed E-state index contributed by atoms with van der Waals surface area (Å²) in [7, 11) is 1.72. The Bertz CT molecular complexity index is 259. The Morgan fingerprint density at radius 1 is 1.69 bits per heavy atom. The number of hydrogen-bond donors (Lipinski definition) is 1. The molecule has 4 nitrogen and oxygen atoms in total. The summed E-state index contributed by atoms with van der Waals surface area (Å²) in [4.78, 5) is 0. The lowest BCUT2D eigenvalue weighted by Crippen LogP contribution is -2.28. The van der Waals surface area contributed by atoms with E-state index in [1.165, 1.54) is 5.69 Å². The van der Waals surface area contributed by atoms with Gasteiger partial charge in [0.1, 0.15) is 0 Å². The molecular weight excluding hydrogens is 166 g/mol. The lowest BCUT2D eigenvalue weighted by atomic mass is 10.3. The predicted molar refractivity (Wildman–Crippen MR) is 49.5 cm³/mol. The zero-order valence-electron chi connectivity index (χ0n) is 7.92. The highest BCUT2D eigenvalue weighted by molar-refractivity contribution is 5.11. The molecule has 0 unspecified atom stereocenters. The van der Waals surface area contributed by atoms with Gasteiger partial charge in [-0.1, -0.05) is 0 Å². The van der Waals surface area contributed by atoms with E-state index in [1.54, 1.807) is 7.11 Å². The fourth-order valence-electron chi connectivity index (χ4n) is 1.58. The zero-order valence-corrected chi connectivity index (χ0v) is 7.92. The molecule has 0 fully saturated rings. The van der Waals surface area contributed by atoms with Crippen LogP contribution in [-0.2, 0) is 24.2 Å². The Morgan fingerprint density at radius 3 is 3.38 bits per heavy atom. The topological polar surface area (TPSA) is 39.1 Å². The average molecular weight is 181 g/mol. The molecular formula is C9H15N3O. The van der Waals surface area contributed by atoms with E-state index in [0.717, 1.165) is 38.4 Å². The van der Waals surface area contributed by atoms with Gasteiger partial charge in [0.05, 0.1) is 24.5 Å². The van der Waals surface area contributed by atoms with Crippen LogP contribution in [0.15, 0.2) is 6.07 Å². The molecule has 0 aliphatic carbocycles. The average Bonchev–Trinajstić information content (AvgIpc) is 2.57. The van der Waals surface area contributed by atoms with Crippen LogP contribution in [-0.4, -0.2) is 30.0 Å². The Labute approximate surface area is 77.9 Å². The van der Waals surface area contributed by atoms with Gasteiger partial charge in [-0.25, -0.2) is 0 Å². The van der Waals surface area contributed by atoms with Crippen LogP contribution in [0.25, 0.3) is 0 Å². The van der Waals surface area contributed by atoms with E-state index in [0.29, 0.717) is 0 Å². The third-order valence-corrected chi connectivity index (χ3v) is 2.28. The molecule has 1 aliphatic heterocycles. The van der Waals surface area contributed by atoms with Crippen molar-refractivity contribution in [3.8, 4) is 0 Å². The second-order valence-corrected chi connectivity index (χ2v) is 3.27. The molecule has 1 aromatic rings. The van der Waals surface area contributed by atoms with Crippen LogP contribution in [0.1, 0.15) is 11.4 Å². The molecule has 4 heteroatoms. The third-order valence-electron chi connectivity index (χ3n) is 2.28. The van der Waals surface area contributed by atoms with Gasteiger partial charge in [0, 0.05) is 26.6 Å². The van der Waals surface area contributed by atoms with E-state index in [-0.39, 0.29) is 0 Å². The minimum absolute atomic E-state index is 0.754. The predicted octanol–water partition coefficient (Wildman–Crippen LogP) is 0.175. The molecule has 1 aromatic heterocycles. The Balaban J connectivity index is 2.07. The van der Waals surface area contributed by atoms with Crippen LogP contribution < -0.4 is 5.32 Å². The van der Waals surface area contributed by atoms with Crippen molar-refractivity contribution in [1.29, 1.82) is 0 Å². The summed E-state index contributed by atoms with van der Waals surface area (Å²) in [6.07, 6.45) is 0.913. The highest BCUT2D eigenvalue weighted by Crippen LogP contribution is 2.07. The Kier molecular flexibility index (Phi) is 2.61. The van der Waals surface area contributed by atoms with E-state index in [9.17, 15) is 0 Å². The first-order valence-electron chi connectivity index (χ1n) is 4.65. The molecule has 0 aromatic carbocycles. The summed E-state index contributed by atoms with van der Waals surface area (Å²) < 4.78 is 7.10. The van der Waals surface area contributed by atoms with Crippen molar-refractivity contribution in [2.45, 2.75) is 19.5 Å². The number of methoxy groups -OCH3 is 1. The molecule has 0 atom stereocenters. The van der Waals surface area contributed by atoms with Crippen LogP contribution in [0.3, 0.4) is 0 Å². The molecule has 0 amide bonds. The van der Waals surface area contributed by atoms with Crippen LogP contribution in [0.4, 0.5) is 0 Å². The molecule has 2 heterocycles. The molecule has 72 valence electrons. The van der Waals surface area contributed by atoms with Gasteiger partial charge in [-0.3, -0.25) is 4.68 Å². The van der Waals surface area contributed by atoms with Gasteiger partial charge in [-0.05, 0) is 6.07 Å². The van der Waals surface area contributed by atoms with Gasteiger partial charge in [-0.2, -0.15) is 5.10 Å². The number of ether oxygens (including phenoxy) is 1. The van der Waals surface area contributed by atoms with Crippen LogP contribution in [0.5, 0.6) is 0 Å². The number of fused-ring (bicyclic) bond motifs is 1. The van der Waals surface area contributed by atoms with E-state index in [2.05, 4.69) is 21.2 Å². The minimum Gasteiger partial charge on any atom is -0.384 e. The largest absolute Gasteiger partial charge is 0.384 e. The first-order valence-corrected chi connectivity index (χ1v) is 4.65. The summed E-state index contributed by atoms with van der Waals surface area (Å²) in [6, 6.07) is 2.16. The molecule has 2 rings (SSSR count). The third kappa shape index (κ3) is 1.89. The number of rotatable bonds is 3. The van der Waals surface area contributed by atoms with Gasteiger partial charge in [-0.15, -0.1) is 0 Å². The Hall–Kier alpha value is -0.870. The molecule has 0 saturated carbocycles. The maximum Gasteiger partial charge on any atom is 0.0650 e. The molecule has 0 saturated heterocycles. The van der Waals surface area contributed by atoms with Crippen molar-refractivity contribution >= 4 is 0 Å². The van der Waals surface area contributed by atoms with Gasteiger partial charge < -0.3 is 10.1 Å². The summed E-state index contributed by atoms with van der Waals surface area (Å²) in [5.74, 6) is 0. The summed E-state index contributed by atoms with van der Waals surface area (Å²) >= 11 is 0. The number of nitrogens with zero attached hydrogens (tertiary/aromatic N) is 2. The maximum absolute atomic E-state index is 5.01. The lowest BCUT2D eigenvalue weighted by molar-refractivity contribution is 0.201. The normalized spacial score (nSPS) is 15.8. The smallest absolute Gasteiger partial charge is 0.0650 e. The quantitative estimate of drug-likeness (QED) is 0.722. The second-order valence-electron chi connectivity index (χ2n) is 3.27. The monoisotopic (exact) mass is 181 g/mol. The molecule has 1 aliphatic rings. The number of nitrogens with one attached hydrogen (secondary N) is 1. The molecule has 13 heavy (non-hydrogen) atoms. The summed E-state index contributed by atoms with van der Waals surface area (Å²) in [5.41, 5.74) is 2.43. The highest BCUT2D eigenvalue weighted by atomic mass is 16.5.